The topological polar surface area (TPSA) is 32.8 Å². The zero-order chi connectivity index (χ0) is 20.9. The fraction of sp³-hybridized carbons (Fsp3) is 0.583. The number of allylic oxidation sites excluding steroid dienone is 1. The summed E-state index contributed by atoms with van der Waals surface area (Å²) in [7, 11) is -1.02. The van der Waals surface area contributed by atoms with Crippen molar-refractivity contribution in [1.82, 2.24) is 4.90 Å². The van der Waals surface area contributed by atoms with E-state index in [-0.39, 0.29) is 0 Å². The third kappa shape index (κ3) is 7.98. The summed E-state index contributed by atoms with van der Waals surface area (Å²) >= 11 is 0. The van der Waals surface area contributed by atoms with Crippen molar-refractivity contribution >= 4 is 16.7 Å². The number of aryl methyl sites for hydroxylation is 1. The summed E-state index contributed by atoms with van der Waals surface area (Å²) in [6, 6.07) is 6.21. The number of fused-ring (bicyclic) bond motifs is 1. The lowest BCUT2D eigenvalue weighted by Crippen LogP contribution is -2.32. The molecule has 3 rings (SSSR count). The third-order valence-corrected chi connectivity index (χ3v) is 6.65. The molecule has 2 aliphatic rings. The molecule has 0 aliphatic carbocycles. The van der Waals surface area contributed by atoms with Gasteiger partial charge in [-0.3, -0.25) is 4.31 Å². The van der Waals surface area contributed by atoms with E-state index in [1.807, 2.05) is 16.4 Å². The van der Waals surface area contributed by atoms with Crippen LogP contribution in [-0.4, -0.2) is 47.6 Å². The maximum absolute atomic E-state index is 12.3. The Kier molecular flexibility index (Phi) is 11.1. The predicted molar refractivity (Wildman–Crippen MR) is 126 cm³/mol. The highest BCUT2D eigenvalue weighted by atomic mass is 32.2. The molecule has 1 atom stereocenters. The molecule has 0 saturated carbocycles. The number of nitrogens with zero attached hydrogens (tertiary/aromatic N) is 2. The van der Waals surface area contributed by atoms with Gasteiger partial charge < -0.3 is 9.64 Å². The van der Waals surface area contributed by atoms with Crippen molar-refractivity contribution in [1.29, 1.82) is 0 Å². The van der Waals surface area contributed by atoms with Crippen LogP contribution in [0, 0.1) is 0 Å². The summed E-state index contributed by atoms with van der Waals surface area (Å²) in [6.45, 7) is 14.5. The zero-order valence-corrected chi connectivity index (χ0v) is 18.9. The number of hydrogen-bond donors (Lipinski definition) is 0. The maximum atomic E-state index is 12.3. The Morgan fingerprint density at radius 1 is 1.10 bits per heavy atom. The first kappa shape index (κ1) is 23.7. The van der Waals surface area contributed by atoms with Gasteiger partial charge in [0.2, 0.25) is 0 Å². The van der Waals surface area contributed by atoms with Crippen molar-refractivity contribution in [2.75, 3.05) is 42.8 Å². The lowest BCUT2D eigenvalue weighted by atomic mass is 10.0. The third-order valence-electron chi connectivity index (χ3n) is 5.26. The SMILES string of the molecule is C=CCC.C=CCS(=O)N1CCCc2cc(OCCCN3CCCCC3)ccc21. The molecule has 0 spiro atoms. The first-order chi connectivity index (χ1) is 14.2. The van der Waals surface area contributed by atoms with Crippen LogP contribution in [0.4, 0.5) is 5.69 Å². The number of anilines is 1. The number of hydrogen-bond acceptors (Lipinski definition) is 3. The van der Waals surface area contributed by atoms with Gasteiger partial charge in [0, 0.05) is 13.1 Å². The van der Waals surface area contributed by atoms with Crippen LogP contribution < -0.4 is 9.04 Å². The van der Waals surface area contributed by atoms with Gasteiger partial charge in [-0.05, 0) is 75.4 Å². The molecular weight excluding hydrogens is 380 g/mol. The molecule has 0 amide bonds. The Morgan fingerprint density at radius 3 is 2.55 bits per heavy atom. The monoisotopic (exact) mass is 418 g/mol. The Morgan fingerprint density at radius 2 is 1.86 bits per heavy atom. The van der Waals surface area contributed by atoms with E-state index >= 15 is 0 Å². The lowest BCUT2D eigenvalue weighted by molar-refractivity contribution is 0.205. The molecule has 2 aliphatic heterocycles. The molecule has 0 bridgehead atoms. The van der Waals surface area contributed by atoms with Crippen LogP contribution in [0.1, 0.15) is 51.0 Å². The summed E-state index contributed by atoms with van der Waals surface area (Å²) in [5, 5.41) is 0. The van der Waals surface area contributed by atoms with Crippen molar-refractivity contribution < 1.29 is 8.95 Å². The fourth-order valence-electron chi connectivity index (χ4n) is 3.69. The van der Waals surface area contributed by atoms with Gasteiger partial charge in [-0.15, -0.1) is 13.2 Å². The number of ether oxygens (including phenoxy) is 1. The second-order valence-electron chi connectivity index (χ2n) is 7.57. The molecule has 5 heteroatoms. The van der Waals surface area contributed by atoms with Gasteiger partial charge in [-0.1, -0.05) is 25.5 Å². The van der Waals surface area contributed by atoms with Crippen molar-refractivity contribution in [3.63, 3.8) is 0 Å². The standard InChI is InChI=1S/C20H30N2O2S.C4H8/c1-2-16-25(23)22-14-6-8-18-17-19(9-10-20(18)22)24-15-7-13-21-11-4-3-5-12-21;1-3-4-2/h2,9-10,17H,1,3-8,11-16H2;3H,1,4H2,2H3. The van der Waals surface area contributed by atoms with Crippen molar-refractivity contribution in [3.8, 4) is 5.75 Å². The van der Waals surface area contributed by atoms with Gasteiger partial charge in [0.25, 0.3) is 0 Å². The quantitative estimate of drug-likeness (QED) is 0.412. The van der Waals surface area contributed by atoms with Crippen LogP contribution in [-0.2, 0) is 17.4 Å². The fourth-order valence-corrected chi connectivity index (χ4v) is 4.80. The summed E-state index contributed by atoms with van der Waals surface area (Å²) in [5.41, 5.74) is 2.34. The molecule has 0 radical (unpaired) electrons. The molecule has 4 nitrogen and oxygen atoms in total. The largest absolute Gasteiger partial charge is 0.494 e. The minimum atomic E-state index is -1.02. The van der Waals surface area contributed by atoms with Crippen molar-refractivity contribution in [2.24, 2.45) is 0 Å². The van der Waals surface area contributed by atoms with E-state index < -0.39 is 11.0 Å². The van der Waals surface area contributed by atoms with Crippen LogP contribution in [0.5, 0.6) is 5.75 Å². The van der Waals surface area contributed by atoms with E-state index in [2.05, 4.69) is 37.1 Å². The van der Waals surface area contributed by atoms with E-state index in [1.165, 1.54) is 37.9 Å². The molecule has 1 aromatic rings. The maximum Gasteiger partial charge on any atom is 0.123 e. The number of piperidine rings is 1. The number of rotatable bonds is 9. The van der Waals surface area contributed by atoms with Gasteiger partial charge in [-0.25, -0.2) is 4.21 Å². The molecule has 1 aromatic carbocycles. The van der Waals surface area contributed by atoms with E-state index in [0.29, 0.717) is 5.75 Å². The Hall–Kier alpha value is -1.59. The van der Waals surface area contributed by atoms with E-state index in [9.17, 15) is 4.21 Å². The minimum absolute atomic E-state index is 0.508. The summed E-state index contributed by atoms with van der Waals surface area (Å²) in [6.07, 6.45) is 11.9. The molecule has 162 valence electrons. The second kappa shape index (κ2) is 13.6. The average molecular weight is 419 g/mol. The van der Waals surface area contributed by atoms with E-state index in [4.69, 9.17) is 4.74 Å². The Bertz CT molecular complexity index is 656. The molecule has 29 heavy (non-hydrogen) atoms. The highest BCUT2D eigenvalue weighted by molar-refractivity contribution is 7.86. The van der Waals surface area contributed by atoms with Crippen LogP contribution in [0.15, 0.2) is 43.5 Å². The van der Waals surface area contributed by atoms with Gasteiger partial charge in [0.15, 0.2) is 0 Å². The molecule has 1 unspecified atom stereocenters. The first-order valence-corrected chi connectivity index (χ1v) is 12.3. The van der Waals surface area contributed by atoms with E-state index in [0.717, 1.165) is 56.8 Å². The average Bonchev–Trinajstić information content (AvgIpc) is 2.77. The summed E-state index contributed by atoms with van der Waals surface area (Å²) < 4.78 is 20.3. The van der Waals surface area contributed by atoms with Gasteiger partial charge in [-0.2, -0.15) is 0 Å². The molecule has 2 heterocycles. The van der Waals surface area contributed by atoms with Crippen LogP contribution in [0.3, 0.4) is 0 Å². The van der Waals surface area contributed by atoms with Gasteiger partial charge in [0.05, 0.1) is 18.0 Å². The molecular formula is C24H38N2O2S. The van der Waals surface area contributed by atoms with Crippen LogP contribution in [0.25, 0.3) is 0 Å². The summed E-state index contributed by atoms with van der Waals surface area (Å²) in [5.74, 6) is 1.45. The van der Waals surface area contributed by atoms with Gasteiger partial charge >= 0.3 is 0 Å². The smallest absolute Gasteiger partial charge is 0.123 e. The number of benzene rings is 1. The molecule has 1 saturated heterocycles. The van der Waals surface area contributed by atoms with Crippen LogP contribution in [0.2, 0.25) is 0 Å². The minimum Gasteiger partial charge on any atom is -0.494 e. The normalized spacial score (nSPS) is 17.5. The summed E-state index contributed by atoms with van der Waals surface area (Å²) in [4.78, 5) is 2.55. The second-order valence-corrected chi connectivity index (χ2v) is 8.99. The van der Waals surface area contributed by atoms with Crippen molar-refractivity contribution in [3.05, 3.63) is 49.1 Å². The highest BCUT2D eigenvalue weighted by Gasteiger charge is 2.21. The van der Waals surface area contributed by atoms with Gasteiger partial charge in [0.1, 0.15) is 16.7 Å². The first-order valence-electron chi connectivity index (χ1n) is 11.1. The van der Waals surface area contributed by atoms with Crippen LogP contribution >= 0.6 is 0 Å². The molecule has 1 fully saturated rings. The zero-order valence-electron chi connectivity index (χ0n) is 18.1. The highest BCUT2D eigenvalue weighted by Crippen LogP contribution is 2.31. The Balaban J connectivity index is 0.000000687. The molecule has 0 N–H and O–H groups in total. The van der Waals surface area contributed by atoms with E-state index in [1.54, 1.807) is 6.08 Å². The lowest BCUT2D eigenvalue weighted by Gasteiger charge is -2.30. The molecule has 0 aromatic heterocycles. The number of likely N-dealkylation sites (tertiary alicyclic amines) is 1. The predicted octanol–water partition coefficient (Wildman–Crippen LogP) is 5.13. The van der Waals surface area contributed by atoms with Crippen molar-refractivity contribution in [2.45, 2.75) is 51.9 Å². The Labute approximate surface area is 180 Å².